The minimum atomic E-state index is -0.112. The Bertz CT molecular complexity index is 1470. The van der Waals surface area contributed by atoms with Crippen LogP contribution in [0.5, 0.6) is 0 Å². The van der Waals surface area contributed by atoms with Crippen LogP contribution in [0, 0.1) is 5.82 Å². The molecule has 1 aliphatic rings. The van der Waals surface area contributed by atoms with E-state index in [9.17, 15) is 0 Å². The molecule has 2 aromatic heterocycles. The summed E-state index contributed by atoms with van der Waals surface area (Å²) in [6.45, 7) is 4.38. The second-order valence-corrected chi connectivity index (χ2v) is 9.43. The molecule has 0 spiro atoms. The molecule has 32 heavy (non-hydrogen) atoms. The first-order valence-electron chi connectivity index (χ1n) is 11.6. The van der Waals surface area contributed by atoms with Gasteiger partial charge in [-0.25, -0.2) is 4.39 Å². The number of para-hydroxylation sites is 1. The Morgan fingerprint density at radius 1 is 0.938 bits per heavy atom. The van der Waals surface area contributed by atoms with Crippen molar-refractivity contribution in [1.82, 2.24) is 4.98 Å². The highest BCUT2D eigenvalue weighted by Crippen LogP contribution is 2.42. The summed E-state index contributed by atoms with van der Waals surface area (Å²) in [5.74, 6) is 0.578. The predicted octanol–water partition coefficient (Wildman–Crippen LogP) is 8.72. The van der Waals surface area contributed by atoms with Crippen molar-refractivity contribution >= 4 is 32.7 Å². The van der Waals surface area contributed by atoms with Gasteiger partial charge in [0.1, 0.15) is 17.0 Å². The van der Waals surface area contributed by atoms with Gasteiger partial charge < -0.3 is 4.42 Å². The molecule has 0 atom stereocenters. The van der Waals surface area contributed by atoms with Crippen LogP contribution in [-0.2, 0) is 0 Å². The summed E-state index contributed by atoms with van der Waals surface area (Å²) in [7, 11) is 0. The van der Waals surface area contributed by atoms with Crippen LogP contribution in [0.2, 0.25) is 0 Å². The number of hydrogen-bond acceptors (Lipinski definition) is 2. The molecule has 2 heterocycles. The Hall–Kier alpha value is -3.20. The predicted molar refractivity (Wildman–Crippen MR) is 130 cm³/mol. The fourth-order valence-electron chi connectivity index (χ4n) is 5.34. The topological polar surface area (TPSA) is 26.0 Å². The van der Waals surface area contributed by atoms with Crippen LogP contribution < -0.4 is 0 Å². The summed E-state index contributed by atoms with van der Waals surface area (Å²) in [6.07, 6.45) is 6.38. The Morgan fingerprint density at radius 3 is 2.56 bits per heavy atom. The monoisotopic (exact) mass is 423 g/mol. The van der Waals surface area contributed by atoms with Gasteiger partial charge in [-0.1, -0.05) is 44.9 Å². The number of nitrogens with zero attached hydrogens (tertiary/aromatic N) is 1. The SMILES string of the molecule is CC(C)c1cc(-c2nccc3cc(C4CCCC4)c(F)cc23)c2oc3ccccc3c2c1. The number of fused-ring (bicyclic) bond motifs is 4. The van der Waals surface area contributed by atoms with E-state index < -0.39 is 0 Å². The normalized spacial score (nSPS) is 15.0. The lowest BCUT2D eigenvalue weighted by Crippen LogP contribution is -1.98. The molecular weight excluding hydrogens is 397 g/mol. The van der Waals surface area contributed by atoms with Crippen molar-refractivity contribution in [2.45, 2.75) is 51.4 Å². The van der Waals surface area contributed by atoms with E-state index in [1.807, 2.05) is 36.5 Å². The first-order chi connectivity index (χ1) is 15.6. The second kappa shape index (κ2) is 7.44. The Kier molecular flexibility index (Phi) is 4.53. The van der Waals surface area contributed by atoms with E-state index in [0.29, 0.717) is 11.8 Å². The average Bonchev–Trinajstić information content (AvgIpc) is 3.46. The van der Waals surface area contributed by atoms with Crippen LogP contribution in [0.25, 0.3) is 44.0 Å². The average molecular weight is 424 g/mol. The maximum Gasteiger partial charge on any atom is 0.144 e. The first-order valence-corrected chi connectivity index (χ1v) is 11.6. The Morgan fingerprint density at radius 2 is 1.75 bits per heavy atom. The van der Waals surface area contributed by atoms with Gasteiger partial charge in [-0.3, -0.25) is 4.98 Å². The standard InChI is InChI=1S/C29H26FNO/c1-17(2)20-14-24-21-9-5-6-10-27(21)32-29(24)25(15-20)28-23-16-26(30)22(18-7-3-4-8-18)13-19(23)11-12-31-28/h5-6,9-18H,3-4,7-8H2,1-2H3. The lowest BCUT2D eigenvalue weighted by molar-refractivity contribution is 0.582. The zero-order valence-corrected chi connectivity index (χ0v) is 18.5. The second-order valence-electron chi connectivity index (χ2n) is 9.43. The molecule has 1 fully saturated rings. The van der Waals surface area contributed by atoms with E-state index in [0.717, 1.165) is 62.4 Å². The van der Waals surface area contributed by atoms with Gasteiger partial charge in [-0.15, -0.1) is 0 Å². The number of benzene rings is 3. The van der Waals surface area contributed by atoms with Crippen LogP contribution >= 0.6 is 0 Å². The maximum absolute atomic E-state index is 15.3. The summed E-state index contributed by atoms with van der Waals surface area (Å²) in [4.78, 5) is 4.74. The first kappa shape index (κ1) is 19.5. The minimum Gasteiger partial charge on any atom is -0.455 e. The molecule has 0 saturated heterocycles. The van der Waals surface area contributed by atoms with E-state index in [2.05, 4.69) is 32.0 Å². The van der Waals surface area contributed by atoms with Crippen molar-refractivity contribution in [3.05, 3.63) is 77.7 Å². The molecule has 5 aromatic rings. The van der Waals surface area contributed by atoms with Crippen LogP contribution in [0.1, 0.15) is 62.5 Å². The third kappa shape index (κ3) is 3.02. The molecule has 160 valence electrons. The van der Waals surface area contributed by atoms with Crippen molar-refractivity contribution in [1.29, 1.82) is 0 Å². The number of furan rings is 1. The van der Waals surface area contributed by atoms with E-state index in [4.69, 9.17) is 9.40 Å². The fourth-order valence-corrected chi connectivity index (χ4v) is 5.34. The van der Waals surface area contributed by atoms with Gasteiger partial charge in [-0.05, 0) is 77.6 Å². The summed E-state index contributed by atoms with van der Waals surface area (Å²) >= 11 is 0. The van der Waals surface area contributed by atoms with Crippen molar-refractivity contribution in [2.24, 2.45) is 0 Å². The summed E-state index contributed by atoms with van der Waals surface area (Å²) < 4.78 is 21.6. The van der Waals surface area contributed by atoms with Crippen molar-refractivity contribution < 1.29 is 8.81 Å². The largest absolute Gasteiger partial charge is 0.455 e. The van der Waals surface area contributed by atoms with Crippen molar-refractivity contribution in [3.8, 4) is 11.3 Å². The minimum absolute atomic E-state index is 0.112. The number of hydrogen-bond donors (Lipinski definition) is 0. The zero-order chi connectivity index (χ0) is 21.8. The smallest absolute Gasteiger partial charge is 0.144 e. The molecule has 2 nitrogen and oxygen atoms in total. The van der Waals surface area contributed by atoms with Gasteiger partial charge >= 0.3 is 0 Å². The molecule has 1 saturated carbocycles. The molecular formula is C29H26FNO. The van der Waals surface area contributed by atoms with Gasteiger partial charge in [0.15, 0.2) is 0 Å². The molecule has 0 aliphatic heterocycles. The van der Waals surface area contributed by atoms with Gasteiger partial charge in [0.05, 0.1) is 5.69 Å². The van der Waals surface area contributed by atoms with E-state index >= 15 is 4.39 Å². The number of aromatic nitrogens is 1. The highest BCUT2D eigenvalue weighted by atomic mass is 19.1. The van der Waals surface area contributed by atoms with Crippen molar-refractivity contribution in [2.75, 3.05) is 0 Å². The molecule has 0 N–H and O–H groups in total. The Balaban J connectivity index is 1.64. The third-order valence-corrected chi connectivity index (χ3v) is 7.10. The van der Waals surface area contributed by atoms with E-state index in [-0.39, 0.29) is 5.82 Å². The third-order valence-electron chi connectivity index (χ3n) is 7.10. The number of halogens is 1. The van der Waals surface area contributed by atoms with E-state index in [1.165, 1.54) is 18.4 Å². The van der Waals surface area contributed by atoms with Gasteiger partial charge in [-0.2, -0.15) is 0 Å². The quantitative estimate of drug-likeness (QED) is 0.290. The highest BCUT2D eigenvalue weighted by molar-refractivity contribution is 6.11. The highest BCUT2D eigenvalue weighted by Gasteiger charge is 2.23. The van der Waals surface area contributed by atoms with Crippen LogP contribution in [0.15, 0.2) is 65.2 Å². The number of pyridine rings is 1. The molecule has 3 heteroatoms. The van der Waals surface area contributed by atoms with Gasteiger partial charge in [0.2, 0.25) is 0 Å². The molecule has 1 aliphatic carbocycles. The fraction of sp³-hybridized carbons (Fsp3) is 0.276. The van der Waals surface area contributed by atoms with Crippen LogP contribution in [0.4, 0.5) is 4.39 Å². The molecule has 0 radical (unpaired) electrons. The van der Waals surface area contributed by atoms with E-state index in [1.54, 1.807) is 6.07 Å². The Labute approximate surface area is 187 Å². The van der Waals surface area contributed by atoms with Crippen molar-refractivity contribution in [3.63, 3.8) is 0 Å². The lowest BCUT2D eigenvalue weighted by Gasteiger charge is -2.15. The molecule has 0 unspecified atom stereocenters. The molecule has 0 amide bonds. The zero-order valence-electron chi connectivity index (χ0n) is 18.5. The summed E-state index contributed by atoms with van der Waals surface area (Å²) in [6, 6.07) is 18.3. The lowest BCUT2D eigenvalue weighted by atomic mass is 9.92. The number of rotatable bonds is 3. The maximum atomic E-state index is 15.3. The summed E-state index contributed by atoms with van der Waals surface area (Å²) in [5.41, 5.74) is 5.47. The van der Waals surface area contributed by atoms with Gasteiger partial charge in [0, 0.05) is 27.9 Å². The molecule has 0 bridgehead atoms. The summed E-state index contributed by atoms with van der Waals surface area (Å²) in [5, 5.41) is 4.07. The molecule has 6 rings (SSSR count). The molecule has 3 aromatic carbocycles. The van der Waals surface area contributed by atoms with Crippen LogP contribution in [0.3, 0.4) is 0 Å². The van der Waals surface area contributed by atoms with Crippen LogP contribution in [-0.4, -0.2) is 4.98 Å². The van der Waals surface area contributed by atoms with Gasteiger partial charge in [0.25, 0.3) is 0 Å².